The van der Waals surface area contributed by atoms with E-state index in [4.69, 9.17) is 9.84 Å². The Morgan fingerprint density at radius 2 is 1.84 bits per heavy atom. The summed E-state index contributed by atoms with van der Waals surface area (Å²) < 4.78 is 19.2. The first-order chi connectivity index (χ1) is 17.9. The summed E-state index contributed by atoms with van der Waals surface area (Å²) in [5.41, 5.74) is 4.13. The topological polar surface area (TPSA) is 83.4 Å². The van der Waals surface area contributed by atoms with Crippen molar-refractivity contribution in [1.82, 2.24) is 5.01 Å². The number of aryl methyl sites for hydroxylation is 1. The van der Waals surface area contributed by atoms with Gasteiger partial charge in [-0.25, -0.2) is 9.40 Å². The lowest BCUT2D eigenvalue weighted by Crippen LogP contribution is -2.25. The predicted molar refractivity (Wildman–Crippen MR) is 143 cm³/mol. The number of amidine groups is 1. The molecule has 3 aromatic rings. The maximum Gasteiger partial charge on any atom is 0.262 e. The van der Waals surface area contributed by atoms with Crippen LogP contribution in [0.25, 0.3) is 0 Å². The second-order valence-corrected chi connectivity index (χ2v) is 9.99. The second kappa shape index (κ2) is 10.6. The Balaban J connectivity index is 1.36. The summed E-state index contributed by atoms with van der Waals surface area (Å²) in [7, 11) is 1.62. The number of nitrogens with zero attached hydrogens (tertiary/aromatic N) is 3. The second-order valence-electron chi connectivity index (χ2n) is 8.82. The van der Waals surface area contributed by atoms with Crippen molar-refractivity contribution >= 4 is 40.1 Å². The van der Waals surface area contributed by atoms with Crippen LogP contribution in [0.3, 0.4) is 0 Å². The molecule has 2 aliphatic rings. The number of hydrazone groups is 1. The van der Waals surface area contributed by atoms with Gasteiger partial charge in [0.05, 0.1) is 24.6 Å². The first-order valence-corrected chi connectivity index (χ1v) is 12.7. The van der Waals surface area contributed by atoms with Gasteiger partial charge in [0.2, 0.25) is 5.91 Å². The smallest absolute Gasteiger partial charge is 0.262 e. The highest BCUT2D eigenvalue weighted by atomic mass is 32.2. The molecule has 5 rings (SSSR count). The summed E-state index contributed by atoms with van der Waals surface area (Å²) in [5, 5.41) is 8.90. The van der Waals surface area contributed by atoms with Gasteiger partial charge in [0.1, 0.15) is 16.8 Å². The zero-order chi connectivity index (χ0) is 25.9. The van der Waals surface area contributed by atoms with Crippen LogP contribution in [-0.2, 0) is 9.59 Å². The molecule has 0 bridgehead atoms. The highest BCUT2D eigenvalue weighted by Crippen LogP contribution is 2.39. The summed E-state index contributed by atoms with van der Waals surface area (Å²) >= 11 is 1.20. The average Bonchev–Trinajstić information content (AvgIpc) is 3.50. The lowest BCUT2D eigenvalue weighted by atomic mass is 9.98. The van der Waals surface area contributed by atoms with Crippen molar-refractivity contribution in [2.75, 3.05) is 12.4 Å². The number of carbonyl (C=O) groups excluding carboxylic acids is 2. The lowest BCUT2D eigenvalue weighted by Gasteiger charge is -2.23. The molecule has 1 N–H and O–H groups in total. The van der Waals surface area contributed by atoms with Crippen molar-refractivity contribution in [3.63, 3.8) is 0 Å². The van der Waals surface area contributed by atoms with Crippen molar-refractivity contribution in [2.45, 2.75) is 31.1 Å². The summed E-state index contributed by atoms with van der Waals surface area (Å²) in [6.45, 7) is 2.03. The average molecular weight is 517 g/mol. The van der Waals surface area contributed by atoms with Crippen molar-refractivity contribution < 1.29 is 18.7 Å². The Morgan fingerprint density at radius 1 is 1.11 bits per heavy atom. The molecule has 0 aliphatic carbocycles. The molecule has 0 aromatic heterocycles. The molecule has 0 spiro atoms. The molecule has 2 aliphatic heterocycles. The Morgan fingerprint density at radius 3 is 2.54 bits per heavy atom. The van der Waals surface area contributed by atoms with E-state index in [0.29, 0.717) is 11.6 Å². The number of ether oxygens (including phenoxy) is 1. The van der Waals surface area contributed by atoms with Crippen LogP contribution in [0.2, 0.25) is 0 Å². The number of anilines is 1. The minimum absolute atomic E-state index is 0.0792. The summed E-state index contributed by atoms with van der Waals surface area (Å²) in [6, 6.07) is 21.6. The number of nitrogens with one attached hydrogen (secondary N) is 1. The summed E-state index contributed by atoms with van der Waals surface area (Å²) in [5.74, 6) is -0.646. The van der Waals surface area contributed by atoms with Crippen molar-refractivity contribution in [3.8, 4) is 5.75 Å². The first-order valence-electron chi connectivity index (χ1n) is 11.8. The fraction of sp³-hybridized carbons (Fsp3) is 0.214. The van der Waals surface area contributed by atoms with Gasteiger partial charge in [-0.1, -0.05) is 65.9 Å². The number of methoxy groups -OCH3 is 1. The predicted octanol–water partition coefficient (Wildman–Crippen LogP) is 5.32. The Kier molecular flexibility index (Phi) is 7.05. The fourth-order valence-corrected chi connectivity index (χ4v) is 5.29. The largest absolute Gasteiger partial charge is 0.497 e. The van der Waals surface area contributed by atoms with Crippen LogP contribution in [0.4, 0.5) is 10.1 Å². The maximum atomic E-state index is 13.9. The Labute approximate surface area is 218 Å². The standard InChI is InChI=1S/C28H25FN4O3S/c1-17-7-9-18(10-8-17)23-15-24(19-11-13-20(36-2)14-12-19)33(32-23)28-31-27(35)25(37-28)16-26(34)30-22-6-4-3-5-21(22)29/h3-14,24-25H,15-16H2,1-2H3,(H,30,34)/t24-,25-/m1/s1. The van der Waals surface area contributed by atoms with Gasteiger partial charge in [-0.15, -0.1) is 0 Å². The van der Waals surface area contributed by atoms with Crippen molar-refractivity contribution in [2.24, 2.45) is 10.1 Å². The number of thioether (sulfide) groups is 1. The van der Waals surface area contributed by atoms with Gasteiger partial charge >= 0.3 is 0 Å². The third-order valence-electron chi connectivity index (χ3n) is 6.24. The van der Waals surface area contributed by atoms with Crippen molar-refractivity contribution in [1.29, 1.82) is 0 Å². The number of hydrogen-bond acceptors (Lipinski definition) is 6. The van der Waals surface area contributed by atoms with Gasteiger partial charge in [-0.2, -0.15) is 10.1 Å². The molecular weight excluding hydrogens is 491 g/mol. The van der Waals surface area contributed by atoms with E-state index in [1.807, 2.05) is 55.5 Å². The zero-order valence-electron chi connectivity index (χ0n) is 20.3. The molecule has 2 atom stereocenters. The molecule has 0 unspecified atom stereocenters. The van der Waals surface area contributed by atoms with Gasteiger partial charge in [-0.05, 0) is 42.3 Å². The number of aliphatic imine (C=N–C) groups is 1. The minimum Gasteiger partial charge on any atom is -0.497 e. The van der Waals surface area contributed by atoms with Gasteiger partial charge in [-0.3, -0.25) is 9.59 Å². The monoisotopic (exact) mass is 516 g/mol. The highest BCUT2D eigenvalue weighted by Gasteiger charge is 2.39. The molecule has 2 amide bonds. The molecular formula is C28H25FN4O3S. The molecule has 7 nitrogen and oxygen atoms in total. The molecule has 0 fully saturated rings. The lowest BCUT2D eigenvalue weighted by molar-refractivity contribution is -0.121. The molecule has 2 heterocycles. The van der Waals surface area contributed by atoms with Crippen LogP contribution in [0.15, 0.2) is 82.9 Å². The van der Waals surface area contributed by atoms with Crippen molar-refractivity contribution in [3.05, 3.63) is 95.3 Å². The SMILES string of the molecule is COc1ccc([C@H]2CC(c3ccc(C)cc3)=NN2C2=NC(=O)[C@@H](CC(=O)Nc3ccccc3F)S2)cc1. The van der Waals surface area contributed by atoms with E-state index < -0.39 is 22.9 Å². The van der Waals surface area contributed by atoms with E-state index in [0.717, 1.165) is 28.2 Å². The molecule has 0 saturated heterocycles. The number of amides is 2. The van der Waals surface area contributed by atoms with E-state index in [9.17, 15) is 14.0 Å². The number of para-hydroxylation sites is 1. The van der Waals surface area contributed by atoms with Crippen LogP contribution >= 0.6 is 11.8 Å². The first kappa shape index (κ1) is 24.7. The van der Waals surface area contributed by atoms with E-state index in [-0.39, 0.29) is 18.2 Å². The maximum absolute atomic E-state index is 13.9. The van der Waals surface area contributed by atoms with Crippen LogP contribution < -0.4 is 10.1 Å². The molecule has 0 saturated carbocycles. The number of carbonyl (C=O) groups is 2. The highest BCUT2D eigenvalue weighted by molar-refractivity contribution is 8.15. The molecule has 0 radical (unpaired) electrons. The number of rotatable bonds is 6. The van der Waals surface area contributed by atoms with Gasteiger partial charge in [0.25, 0.3) is 5.91 Å². The quantitative estimate of drug-likeness (QED) is 0.480. The fourth-order valence-electron chi connectivity index (χ4n) is 4.23. The number of halogens is 1. The van der Waals surface area contributed by atoms with Gasteiger partial charge in [0.15, 0.2) is 5.17 Å². The molecule has 188 valence electrons. The van der Waals surface area contributed by atoms with Crippen LogP contribution in [0.1, 0.15) is 35.6 Å². The summed E-state index contributed by atoms with van der Waals surface area (Å²) in [6.07, 6.45) is 0.502. The van der Waals surface area contributed by atoms with E-state index >= 15 is 0 Å². The summed E-state index contributed by atoms with van der Waals surface area (Å²) in [4.78, 5) is 29.6. The third-order valence-corrected chi connectivity index (χ3v) is 7.38. The minimum atomic E-state index is -0.711. The Bertz CT molecular complexity index is 1390. The number of hydrogen-bond donors (Lipinski definition) is 1. The Hall–Kier alpha value is -3.98. The van der Waals surface area contributed by atoms with Crippen LogP contribution in [0, 0.1) is 12.7 Å². The zero-order valence-corrected chi connectivity index (χ0v) is 21.2. The van der Waals surface area contributed by atoms with Crippen LogP contribution in [-0.4, -0.2) is 40.1 Å². The van der Waals surface area contributed by atoms with E-state index in [2.05, 4.69) is 10.3 Å². The molecule has 3 aromatic carbocycles. The van der Waals surface area contributed by atoms with Gasteiger partial charge < -0.3 is 10.1 Å². The number of benzene rings is 3. The van der Waals surface area contributed by atoms with E-state index in [1.54, 1.807) is 24.3 Å². The third kappa shape index (κ3) is 5.41. The molecule has 9 heteroatoms. The van der Waals surface area contributed by atoms with Crippen LogP contribution in [0.5, 0.6) is 5.75 Å². The van der Waals surface area contributed by atoms with Gasteiger partial charge in [0, 0.05) is 12.8 Å². The normalized spacial score (nSPS) is 19.0. The molecule has 37 heavy (non-hydrogen) atoms. The van der Waals surface area contributed by atoms with E-state index in [1.165, 1.54) is 23.9 Å².